The highest BCUT2D eigenvalue weighted by atomic mass is 16.3. The molecule has 3 heteroatoms. The highest BCUT2D eigenvalue weighted by molar-refractivity contribution is 5.79. The van der Waals surface area contributed by atoms with Gasteiger partial charge in [-0.25, -0.2) is 0 Å². The van der Waals surface area contributed by atoms with Gasteiger partial charge in [0.1, 0.15) is 0 Å². The molecule has 15 heavy (non-hydrogen) atoms. The molecule has 78 valence electrons. The van der Waals surface area contributed by atoms with E-state index in [1.165, 1.54) is 0 Å². The minimum Gasteiger partial charge on any atom is -0.392 e. The van der Waals surface area contributed by atoms with Crippen LogP contribution in [0.25, 0.3) is 10.9 Å². The van der Waals surface area contributed by atoms with Gasteiger partial charge in [0, 0.05) is 22.7 Å². The van der Waals surface area contributed by atoms with Gasteiger partial charge >= 0.3 is 0 Å². The summed E-state index contributed by atoms with van der Waals surface area (Å²) in [4.78, 5) is 14.9. The average molecular weight is 203 g/mol. The van der Waals surface area contributed by atoms with Crippen molar-refractivity contribution < 1.29 is 5.11 Å². The molecule has 2 rings (SSSR count). The Labute approximate surface area is 87.4 Å². The van der Waals surface area contributed by atoms with E-state index in [1.807, 2.05) is 13.0 Å². The molecule has 0 atom stereocenters. The number of benzene rings is 1. The van der Waals surface area contributed by atoms with Crippen LogP contribution in [0.2, 0.25) is 0 Å². The highest BCUT2D eigenvalue weighted by Gasteiger charge is 2.01. The number of nitrogens with one attached hydrogen (secondary N) is 1. The molecule has 0 saturated heterocycles. The largest absolute Gasteiger partial charge is 0.392 e. The maximum atomic E-state index is 11.7. The lowest BCUT2D eigenvalue weighted by molar-refractivity contribution is 0.282. The lowest BCUT2D eigenvalue weighted by atomic mass is 10.1. The Bertz CT molecular complexity index is 538. The number of rotatable bonds is 2. The molecule has 0 aliphatic carbocycles. The van der Waals surface area contributed by atoms with Gasteiger partial charge in [-0.05, 0) is 24.1 Å². The van der Waals surface area contributed by atoms with Crippen molar-refractivity contribution in [1.29, 1.82) is 0 Å². The number of H-pyrrole nitrogens is 1. The van der Waals surface area contributed by atoms with Crippen molar-refractivity contribution in [2.24, 2.45) is 0 Å². The number of pyridine rings is 1. The van der Waals surface area contributed by atoms with Gasteiger partial charge in [-0.3, -0.25) is 4.79 Å². The topological polar surface area (TPSA) is 53.1 Å². The van der Waals surface area contributed by atoms with Crippen LogP contribution in [0.15, 0.2) is 29.1 Å². The predicted molar refractivity (Wildman–Crippen MR) is 59.9 cm³/mol. The number of fused-ring (bicyclic) bond motifs is 1. The van der Waals surface area contributed by atoms with Crippen molar-refractivity contribution in [1.82, 2.24) is 4.98 Å². The van der Waals surface area contributed by atoms with Gasteiger partial charge in [0.25, 0.3) is 0 Å². The van der Waals surface area contributed by atoms with Gasteiger partial charge in [-0.2, -0.15) is 0 Å². The minimum atomic E-state index is -0.00563. The SMILES string of the molecule is CCc1cc(=O)c2ccc(CO)cc2[nH]1. The van der Waals surface area contributed by atoms with Gasteiger partial charge in [0.05, 0.1) is 6.61 Å². The van der Waals surface area contributed by atoms with E-state index in [-0.39, 0.29) is 12.0 Å². The van der Waals surface area contributed by atoms with E-state index in [0.717, 1.165) is 23.2 Å². The summed E-state index contributed by atoms with van der Waals surface area (Å²) >= 11 is 0. The van der Waals surface area contributed by atoms with Crippen LogP contribution < -0.4 is 5.43 Å². The molecule has 3 nitrogen and oxygen atoms in total. The Hall–Kier alpha value is -1.61. The molecule has 2 N–H and O–H groups in total. The second kappa shape index (κ2) is 3.87. The fourth-order valence-electron chi connectivity index (χ4n) is 1.64. The summed E-state index contributed by atoms with van der Waals surface area (Å²) in [7, 11) is 0. The van der Waals surface area contributed by atoms with Crippen molar-refractivity contribution in [3.63, 3.8) is 0 Å². The third-order valence-corrected chi connectivity index (χ3v) is 2.51. The van der Waals surface area contributed by atoms with Gasteiger partial charge in [-0.15, -0.1) is 0 Å². The van der Waals surface area contributed by atoms with Crippen molar-refractivity contribution in [2.45, 2.75) is 20.0 Å². The number of aliphatic hydroxyl groups is 1. The van der Waals surface area contributed by atoms with Gasteiger partial charge in [0.2, 0.25) is 0 Å². The van der Waals surface area contributed by atoms with E-state index < -0.39 is 0 Å². The molecular formula is C12H13NO2. The first kappa shape index (κ1) is 9.93. The van der Waals surface area contributed by atoms with Crippen molar-refractivity contribution in [3.8, 4) is 0 Å². The summed E-state index contributed by atoms with van der Waals surface area (Å²) in [5.74, 6) is 0. The summed E-state index contributed by atoms with van der Waals surface area (Å²) in [6, 6.07) is 6.96. The molecular weight excluding hydrogens is 190 g/mol. The summed E-state index contributed by atoms with van der Waals surface area (Å²) in [6.07, 6.45) is 0.800. The molecule has 1 heterocycles. The normalized spacial score (nSPS) is 10.8. The number of aromatic nitrogens is 1. The molecule has 0 amide bonds. The smallest absolute Gasteiger partial charge is 0.189 e. The predicted octanol–water partition coefficient (Wildman–Crippen LogP) is 1.58. The quantitative estimate of drug-likeness (QED) is 0.778. The third kappa shape index (κ3) is 1.78. The van der Waals surface area contributed by atoms with Crippen LogP contribution >= 0.6 is 0 Å². The standard InChI is InChI=1S/C12H13NO2/c1-2-9-6-12(15)10-4-3-8(7-14)5-11(10)13-9/h3-6,14H,2,7H2,1H3,(H,13,15). The second-order valence-corrected chi connectivity index (χ2v) is 3.55. The summed E-state index contributed by atoms with van der Waals surface area (Å²) < 4.78 is 0. The van der Waals surface area contributed by atoms with E-state index in [9.17, 15) is 4.79 Å². The first-order valence-corrected chi connectivity index (χ1v) is 5.00. The number of aromatic amines is 1. The number of aryl methyl sites for hydroxylation is 1. The molecule has 0 bridgehead atoms. The van der Waals surface area contributed by atoms with E-state index in [2.05, 4.69) is 4.98 Å². The zero-order chi connectivity index (χ0) is 10.8. The molecule has 0 saturated carbocycles. The van der Waals surface area contributed by atoms with Crippen LogP contribution in [0.5, 0.6) is 0 Å². The van der Waals surface area contributed by atoms with Crippen LogP contribution in [0.4, 0.5) is 0 Å². The van der Waals surface area contributed by atoms with E-state index in [0.29, 0.717) is 5.39 Å². The monoisotopic (exact) mass is 203 g/mol. The highest BCUT2D eigenvalue weighted by Crippen LogP contribution is 2.11. The number of hydrogen-bond acceptors (Lipinski definition) is 2. The maximum absolute atomic E-state index is 11.7. The fourth-order valence-corrected chi connectivity index (χ4v) is 1.64. The van der Waals surface area contributed by atoms with Crippen LogP contribution in [-0.2, 0) is 13.0 Å². The Morgan fingerprint density at radius 3 is 2.80 bits per heavy atom. The molecule has 2 aromatic rings. The summed E-state index contributed by atoms with van der Waals surface area (Å²) in [5, 5.41) is 9.67. The molecule has 0 spiro atoms. The fraction of sp³-hybridized carbons (Fsp3) is 0.250. The van der Waals surface area contributed by atoms with Crippen LogP contribution in [-0.4, -0.2) is 10.1 Å². The van der Waals surface area contributed by atoms with Gasteiger partial charge in [0.15, 0.2) is 5.43 Å². The summed E-state index contributed by atoms with van der Waals surface area (Å²) in [5.41, 5.74) is 2.56. The van der Waals surface area contributed by atoms with Gasteiger partial charge in [-0.1, -0.05) is 13.0 Å². The molecule has 0 aliphatic heterocycles. The Balaban J connectivity index is 2.75. The zero-order valence-electron chi connectivity index (χ0n) is 8.58. The second-order valence-electron chi connectivity index (χ2n) is 3.55. The first-order chi connectivity index (χ1) is 7.24. The lowest BCUT2D eigenvalue weighted by Gasteiger charge is -2.03. The minimum absolute atomic E-state index is 0.00563. The number of hydrogen-bond donors (Lipinski definition) is 2. The van der Waals surface area contributed by atoms with Crippen molar-refractivity contribution in [3.05, 3.63) is 45.7 Å². The molecule has 1 aromatic heterocycles. The van der Waals surface area contributed by atoms with Crippen molar-refractivity contribution >= 4 is 10.9 Å². The summed E-state index contributed by atoms with van der Waals surface area (Å²) in [6.45, 7) is 1.99. The van der Waals surface area contributed by atoms with Crippen LogP contribution in [0.1, 0.15) is 18.2 Å². The molecule has 0 radical (unpaired) electrons. The third-order valence-electron chi connectivity index (χ3n) is 2.51. The van der Waals surface area contributed by atoms with Gasteiger partial charge < -0.3 is 10.1 Å². The molecule has 0 unspecified atom stereocenters. The Morgan fingerprint density at radius 1 is 1.33 bits per heavy atom. The van der Waals surface area contributed by atoms with Crippen LogP contribution in [0.3, 0.4) is 0 Å². The van der Waals surface area contributed by atoms with E-state index in [4.69, 9.17) is 5.11 Å². The van der Waals surface area contributed by atoms with E-state index >= 15 is 0 Å². The number of aliphatic hydroxyl groups excluding tert-OH is 1. The zero-order valence-corrected chi connectivity index (χ0v) is 8.58. The molecule has 1 aromatic carbocycles. The average Bonchev–Trinajstić information content (AvgIpc) is 2.28. The molecule has 0 aliphatic rings. The van der Waals surface area contributed by atoms with Crippen LogP contribution in [0, 0.1) is 0 Å². The lowest BCUT2D eigenvalue weighted by Crippen LogP contribution is -2.04. The van der Waals surface area contributed by atoms with E-state index in [1.54, 1.807) is 18.2 Å². The van der Waals surface area contributed by atoms with Crippen molar-refractivity contribution in [2.75, 3.05) is 0 Å². The molecule has 0 fully saturated rings. The Kier molecular flexibility index (Phi) is 2.56. The first-order valence-electron chi connectivity index (χ1n) is 5.00. The maximum Gasteiger partial charge on any atom is 0.189 e. The Morgan fingerprint density at radius 2 is 2.13 bits per heavy atom.